The topological polar surface area (TPSA) is 72.7 Å². The van der Waals surface area contributed by atoms with Gasteiger partial charge in [0.2, 0.25) is 0 Å². The molecule has 0 saturated carbocycles. The van der Waals surface area contributed by atoms with Crippen LogP contribution < -0.4 is 5.73 Å². The van der Waals surface area contributed by atoms with E-state index < -0.39 is 0 Å². The van der Waals surface area contributed by atoms with Crippen molar-refractivity contribution < 1.29 is 18.9 Å². The first-order chi connectivity index (χ1) is 15.3. The van der Waals surface area contributed by atoms with Gasteiger partial charge in [-0.2, -0.15) is 0 Å². The van der Waals surface area contributed by atoms with Gasteiger partial charge in [-0.1, -0.05) is 0 Å². The molecule has 0 spiro atoms. The van der Waals surface area contributed by atoms with Crippen molar-refractivity contribution in [1.29, 1.82) is 0 Å². The second-order valence-corrected chi connectivity index (χ2v) is 10.5. The first kappa shape index (κ1) is 26.3. The molecule has 0 amide bonds. The lowest BCUT2D eigenvalue weighted by Crippen LogP contribution is -2.58. The number of nitrogens with zero attached hydrogens (tertiary/aromatic N) is 3. The molecule has 3 aliphatic rings. The largest absolute Gasteiger partial charge is 0.378 e. The average molecular weight is 457 g/mol. The zero-order chi connectivity index (χ0) is 23.3. The Hall–Kier alpha value is -0.320. The van der Waals surface area contributed by atoms with Crippen molar-refractivity contribution in [2.45, 2.75) is 96.7 Å². The van der Waals surface area contributed by atoms with Gasteiger partial charge in [0.05, 0.1) is 50.8 Å². The summed E-state index contributed by atoms with van der Waals surface area (Å²) in [7, 11) is 0. The molecule has 0 aromatic rings. The molecule has 0 aromatic heterocycles. The Morgan fingerprint density at radius 2 is 1.59 bits per heavy atom. The normalized spacial score (nSPS) is 34.1. The van der Waals surface area contributed by atoms with Gasteiger partial charge in [0, 0.05) is 57.3 Å². The van der Waals surface area contributed by atoms with Crippen LogP contribution in [0.1, 0.15) is 48.0 Å². The van der Waals surface area contributed by atoms with Gasteiger partial charge < -0.3 is 24.7 Å². The monoisotopic (exact) mass is 456 g/mol. The minimum atomic E-state index is -0.0154. The number of rotatable bonds is 9. The summed E-state index contributed by atoms with van der Waals surface area (Å²) in [4.78, 5) is 7.42. The number of ether oxygens (including phenoxy) is 4. The van der Waals surface area contributed by atoms with E-state index in [2.05, 4.69) is 56.2 Å². The van der Waals surface area contributed by atoms with E-state index in [9.17, 15) is 0 Å². The molecule has 0 bridgehead atoms. The summed E-state index contributed by atoms with van der Waals surface area (Å²) in [5.74, 6) is 0. The zero-order valence-electron chi connectivity index (χ0n) is 21.2. The van der Waals surface area contributed by atoms with Gasteiger partial charge in [-0.15, -0.1) is 0 Å². The highest BCUT2D eigenvalue weighted by Gasteiger charge is 2.36. The Morgan fingerprint density at radius 1 is 0.875 bits per heavy atom. The fraction of sp³-hybridized carbons (Fsp3) is 1.00. The molecule has 32 heavy (non-hydrogen) atoms. The van der Waals surface area contributed by atoms with Crippen molar-refractivity contribution in [3.05, 3.63) is 0 Å². The third kappa shape index (κ3) is 7.09. The number of nitrogens with two attached hydrogens (primary N) is 1. The Labute approximate surface area is 195 Å². The predicted octanol–water partition coefficient (Wildman–Crippen LogP) is 1.37. The summed E-state index contributed by atoms with van der Waals surface area (Å²) in [6.45, 7) is 20.6. The molecular formula is C24H48N4O4. The van der Waals surface area contributed by atoms with Crippen LogP contribution in [0.4, 0.5) is 0 Å². The first-order valence-corrected chi connectivity index (χ1v) is 12.7. The predicted molar refractivity (Wildman–Crippen MR) is 127 cm³/mol. The van der Waals surface area contributed by atoms with Gasteiger partial charge in [0.25, 0.3) is 0 Å². The van der Waals surface area contributed by atoms with E-state index in [1.54, 1.807) is 0 Å². The minimum absolute atomic E-state index is 0.0154. The molecule has 4 unspecified atom stereocenters. The second-order valence-electron chi connectivity index (χ2n) is 10.5. The highest BCUT2D eigenvalue weighted by Crippen LogP contribution is 2.24. The Balaban J connectivity index is 1.53. The maximum absolute atomic E-state index is 6.42. The molecular weight excluding hydrogens is 408 g/mol. The molecule has 0 radical (unpaired) electrons. The Bertz CT molecular complexity index is 550. The Morgan fingerprint density at radius 3 is 2.25 bits per heavy atom. The van der Waals surface area contributed by atoms with Crippen molar-refractivity contribution in [2.24, 2.45) is 5.73 Å². The van der Waals surface area contributed by atoms with Crippen LogP contribution in [-0.4, -0.2) is 123 Å². The van der Waals surface area contributed by atoms with Crippen molar-refractivity contribution in [3.8, 4) is 0 Å². The van der Waals surface area contributed by atoms with Gasteiger partial charge in [0.15, 0.2) is 0 Å². The first-order valence-electron chi connectivity index (χ1n) is 12.7. The van der Waals surface area contributed by atoms with E-state index in [4.69, 9.17) is 24.7 Å². The number of hydrogen-bond acceptors (Lipinski definition) is 8. The van der Waals surface area contributed by atoms with Crippen LogP contribution in [0.25, 0.3) is 0 Å². The van der Waals surface area contributed by atoms with Gasteiger partial charge in [-0.25, -0.2) is 0 Å². The molecule has 3 rings (SSSR count). The lowest BCUT2D eigenvalue weighted by atomic mass is 10.0. The summed E-state index contributed by atoms with van der Waals surface area (Å²) in [5.41, 5.74) is 5.94. The van der Waals surface area contributed by atoms with Crippen LogP contribution in [0.2, 0.25) is 0 Å². The molecule has 188 valence electrons. The van der Waals surface area contributed by atoms with Crippen LogP contribution in [0.5, 0.6) is 0 Å². The maximum Gasteiger partial charge on any atom is 0.134 e. The van der Waals surface area contributed by atoms with E-state index in [1.807, 2.05) is 0 Å². The highest BCUT2D eigenvalue weighted by molar-refractivity contribution is 4.86. The summed E-state index contributed by atoms with van der Waals surface area (Å²) in [6.07, 6.45) is 1.30. The summed E-state index contributed by atoms with van der Waals surface area (Å²) in [6, 6.07) is 1.70. The molecule has 3 saturated heterocycles. The van der Waals surface area contributed by atoms with Crippen molar-refractivity contribution in [2.75, 3.05) is 59.2 Å². The van der Waals surface area contributed by atoms with Crippen LogP contribution in [0.3, 0.4) is 0 Å². The number of morpholine rings is 3. The van der Waals surface area contributed by atoms with Crippen molar-refractivity contribution >= 4 is 0 Å². The van der Waals surface area contributed by atoms with Crippen LogP contribution in [0, 0.1) is 0 Å². The zero-order valence-corrected chi connectivity index (χ0v) is 21.2. The van der Waals surface area contributed by atoms with Crippen molar-refractivity contribution in [1.82, 2.24) is 14.7 Å². The lowest BCUT2D eigenvalue weighted by Gasteiger charge is -2.45. The van der Waals surface area contributed by atoms with Gasteiger partial charge in [-0.3, -0.25) is 14.7 Å². The van der Waals surface area contributed by atoms with E-state index >= 15 is 0 Å². The van der Waals surface area contributed by atoms with Crippen LogP contribution in [0.15, 0.2) is 0 Å². The molecule has 3 fully saturated rings. The van der Waals surface area contributed by atoms with Crippen molar-refractivity contribution in [3.63, 3.8) is 0 Å². The van der Waals surface area contributed by atoms with Crippen LogP contribution >= 0.6 is 0 Å². The van der Waals surface area contributed by atoms with Gasteiger partial charge in [-0.05, 0) is 41.5 Å². The summed E-state index contributed by atoms with van der Waals surface area (Å²) >= 11 is 0. The molecule has 3 heterocycles. The Kier molecular flexibility index (Phi) is 10.2. The molecule has 3 aliphatic heterocycles. The van der Waals surface area contributed by atoms with E-state index in [0.717, 1.165) is 45.8 Å². The molecule has 8 nitrogen and oxygen atoms in total. The maximum atomic E-state index is 6.42. The number of hydrogen-bond donors (Lipinski definition) is 1. The van der Waals surface area contributed by atoms with Gasteiger partial charge in [0.1, 0.15) is 6.23 Å². The van der Waals surface area contributed by atoms with E-state index in [-0.39, 0.29) is 24.5 Å². The molecule has 2 N–H and O–H groups in total. The summed E-state index contributed by atoms with van der Waals surface area (Å²) < 4.78 is 24.7. The van der Waals surface area contributed by atoms with Gasteiger partial charge >= 0.3 is 0 Å². The third-order valence-electron chi connectivity index (χ3n) is 7.12. The fourth-order valence-corrected chi connectivity index (χ4v) is 5.19. The minimum Gasteiger partial charge on any atom is -0.378 e. The standard InChI is InChI=1S/C24H48N4O4/c1-17(2)26-11-22(32-23(10-25)12-26)9-21-13-28(19(5)6)24(16-30-21)31-15-20-14-29-8-7-27(20)18(3)4/h17-24H,7-16,25H2,1-6H3/t20?,21-,22?,23?,24?/m0/s1. The molecule has 8 heteroatoms. The quantitative estimate of drug-likeness (QED) is 0.558. The van der Waals surface area contributed by atoms with Crippen LogP contribution in [-0.2, 0) is 18.9 Å². The summed E-state index contributed by atoms with van der Waals surface area (Å²) in [5, 5.41) is 0. The lowest BCUT2D eigenvalue weighted by molar-refractivity contribution is -0.196. The smallest absolute Gasteiger partial charge is 0.134 e. The molecule has 0 aromatic carbocycles. The van der Waals surface area contributed by atoms with E-state index in [1.165, 1.54) is 0 Å². The third-order valence-corrected chi connectivity index (χ3v) is 7.12. The van der Waals surface area contributed by atoms with E-state index in [0.29, 0.717) is 43.9 Å². The average Bonchev–Trinajstić information content (AvgIpc) is 2.77. The second kappa shape index (κ2) is 12.4. The highest BCUT2D eigenvalue weighted by atomic mass is 16.6. The molecule has 5 atom stereocenters. The SMILES string of the molecule is CC(C)N1CC(CN)OC(C[C@H]2CN(C(C)C)C(OCC3COCCN3C(C)C)CO2)C1. The fourth-order valence-electron chi connectivity index (χ4n) is 5.19. The molecule has 0 aliphatic carbocycles.